The van der Waals surface area contributed by atoms with Crippen LogP contribution in [0.5, 0.6) is 11.5 Å². The molecule has 0 saturated carbocycles. The van der Waals surface area contributed by atoms with Crippen LogP contribution < -0.4 is 20.9 Å². The Morgan fingerprint density at radius 1 is 1.16 bits per heavy atom. The second kappa shape index (κ2) is 11.1. The molecule has 0 bridgehead atoms. The number of anilines is 2. The monoisotopic (exact) mass is 500 g/mol. The number of hydrogen-bond acceptors (Lipinski definition) is 8. The van der Waals surface area contributed by atoms with Crippen LogP contribution in [0.3, 0.4) is 0 Å². The van der Waals surface area contributed by atoms with Gasteiger partial charge in [-0.1, -0.05) is 38.1 Å². The smallest absolute Gasteiger partial charge is 0.267 e. The summed E-state index contributed by atoms with van der Waals surface area (Å²) in [7, 11) is 3.13. The van der Waals surface area contributed by atoms with Crippen molar-refractivity contribution in [1.29, 1.82) is 0 Å². The number of nitrogen functional groups attached to an aromatic ring is 2. The van der Waals surface area contributed by atoms with Crippen LogP contribution in [0.1, 0.15) is 54.1 Å². The molecule has 1 amide bonds. The number of nitrogens with two attached hydrogens (primary N) is 2. The van der Waals surface area contributed by atoms with Crippen molar-refractivity contribution in [3.8, 4) is 11.5 Å². The Bertz CT molecular complexity index is 1350. The van der Waals surface area contributed by atoms with Crippen molar-refractivity contribution in [3.05, 3.63) is 76.5 Å². The number of hydrogen-bond donors (Lipinski definition) is 2. The first-order valence-corrected chi connectivity index (χ1v) is 12.1. The average molecular weight is 501 g/mol. The first kappa shape index (κ1) is 25.7. The zero-order chi connectivity index (χ0) is 26.5. The molecule has 1 atom stereocenters. The molecule has 4 N–H and O–H groups in total. The van der Waals surface area contributed by atoms with Crippen LogP contribution >= 0.6 is 0 Å². The highest BCUT2D eigenvalue weighted by atomic mass is 16.5. The summed E-state index contributed by atoms with van der Waals surface area (Å²) in [6, 6.07) is 11.7. The Hall–Kier alpha value is -4.40. The number of fused-ring (bicyclic) bond motifs is 1. The van der Waals surface area contributed by atoms with Crippen LogP contribution in [-0.2, 0) is 11.2 Å². The van der Waals surface area contributed by atoms with E-state index in [1.807, 2.05) is 30.3 Å². The van der Waals surface area contributed by atoms with Crippen molar-refractivity contribution < 1.29 is 14.3 Å². The third-order valence-corrected chi connectivity index (χ3v) is 6.18. The van der Waals surface area contributed by atoms with Crippen molar-refractivity contribution in [2.75, 3.05) is 25.7 Å². The van der Waals surface area contributed by atoms with Crippen LogP contribution in [0.25, 0.3) is 6.08 Å². The van der Waals surface area contributed by atoms with Crippen molar-refractivity contribution in [2.24, 2.45) is 11.0 Å². The number of carbonyl (C=O) groups is 1. The Morgan fingerprint density at radius 3 is 2.65 bits per heavy atom. The number of aromatic nitrogens is 2. The molecule has 37 heavy (non-hydrogen) atoms. The number of carbonyl (C=O) groups excluding carboxylic acids is 1. The Morgan fingerprint density at radius 2 is 1.95 bits per heavy atom. The number of nitrogens with zero attached hydrogens (tertiary/aromatic N) is 4. The topological polar surface area (TPSA) is 129 Å². The minimum Gasteiger partial charge on any atom is -0.493 e. The van der Waals surface area contributed by atoms with Gasteiger partial charge in [0.1, 0.15) is 5.82 Å². The van der Waals surface area contributed by atoms with E-state index in [0.717, 1.165) is 28.7 Å². The largest absolute Gasteiger partial charge is 0.493 e. The maximum Gasteiger partial charge on any atom is 0.267 e. The summed E-state index contributed by atoms with van der Waals surface area (Å²) in [4.78, 5) is 21.5. The molecule has 0 spiro atoms. The lowest BCUT2D eigenvalue weighted by Crippen LogP contribution is -2.33. The lowest BCUT2D eigenvalue weighted by Gasteiger charge is -2.32. The van der Waals surface area contributed by atoms with Gasteiger partial charge in [-0.3, -0.25) is 4.79 Å². The van der Waals surface area contributed by atoms with Crippen molar-refractivity contribution in [3.63, 3.8) is 0 Å². The molecule has 4 rings (SSSR count). The van der Waals surface area contributed by atoms with Gasteiger partial charge in [0.25, 0.3) is 5.91 Å². The van der Waals surface area contributed by atoms with Gasteiger partial charge in [0.15, 0.2) is 11.5 Å². The molecule has 192 valence electrons. The molecular formula is C28H32N6O3. The molecule has 1 aliphatic heterocycles. The van der Waals surface area contributed by atoms with Gasteiger partial charge in [-0.05, 0) is 47.2 Å². The molecule has 0 radical (unpaired) electrons. The summed E-state index contributed by atoms with van der Waals surface area (Å²) in [5, 5.41) is 6.05. The molecule has 0 unspecified atom stereocenters. The van der Waals surface area contributed by atoms with E-state index in [0.29, 0.717) is 35.2 Å². The van der Waals surface area contributed by atoms with E-state index >= 15 is 0 Å². The minimum absolute atomic E-state index is 0.120. The highest BCUT2D eigenvalue weighted by molar-refractivity contribution is 5.95. The number of benzene rings is 2. The molecule has 0 fully saturated rings. The van der Waals surface area contributed by atoms with Crippen molar-refractivity contribution in [2.45, 2.75) is 32.7 Å². The zero-order valence-electron chi connectivity index (χ0n) is 21.5. The highest BCUT2D eigenvalue weighted by Gasteiger charge is 2.29. The van der Waals surface area contributed by atoms with E-state index in [-0.39, 0.29) is 17.9 Å². The molecule has 1 aliphatic rings. The predicted molar refractivity (Wildman–Crippen MR) is 145 cm³/mol. The lowest BCUT2D eigenvalue weighted by molar-refractivity contribution is -0.128. The highest BCUT2D eigenvalue weighted by Crippen LogP contribution is 2.36. The van der Waals surface area contributed by atoms with Crippen LogP contribution in [0.4, 0.5) is 11.8 Å². The van der Waals surface area contributed by atoms with Gasteiger partial charge in [-0.15, -0.1) is 0 Å². The van der Waals surface area contributed by atoms with Crippen LogP contribution in [0, 0.1) is 5.92 Å². The van der Waals surface area contributed by atoms with Gasteiger partial charge < -0.3 is 20.9 Å². The van der Waals surface area contributed by atoms with Gasteiger partial charge in [0.2, 0.25) is 5.95 Å². The molecule has 2 aromatic carbocycles. The Balaban J connectivity index is 1.65. The second-order valence-electron chi connectivity index (χ2n) is 9.27. The van der Waals surface area contributed by atoms with E-state index < -0.39 is 0 Å². The van der Waals surface area contributed by atoms with E-state index in [4.69, 9.17) is 20.9 Å². The normalized spacial score (nSPS) is 14.7. The molecule has 2 heterocycles. The lowest BCUT2D eigenvalue weighted by atomic mass is 9.92. The van der Waals surface area contributed by atoms with Gasteiger partial charge in [0.05, 0.1) is 26.5 Å². The maximum atomic E-state index is 13.4. The maximum absolute atomic E-state index is 13.4. The number of methoxy groups -OCH3 is 2. The Kier molecular flexibility index (Phi) is 7.71. The van der Waals surface area contributed by atoms with E-state index in [9.17, 15) is 4.79 Å². The number of rotatable bonds is 8. The summed E-state index contributed by atoms with van der Waals surface area (Å²) in [5.74, 6) is 1.64. The molecule has 9 heteroatoms. The molecule has 1 aromatic heterocycles. The van der Waals surface area contributed by atoms with Gasteiger partial charge in [0, 0.05) is 29.8 Å². The average Bonchev–Trinajstić information content (AvgIpc) is 2.88. The summed E-state index contributed by atoms with van der Waals surface area (Å²) in [5.41, 5.74) is 16.1. The van der Waals surface area contributed by atoms with Crippen LogP contribution in [-0.4, -0.2) is 41.3 Å². The number of ether oxygens (including phenoxy) is 2. The molecule has 9 nitrogen and oxygen atoms in total. The van der Waals surface area contributed by atoms with Crippen molar-refractivity contribution in [1.82, 2.24) is 15.0 Å². The predicted octanol–water partition coefficient (Wildman–Crippen LogP) is 4.23. The fourth-order valence-corrected chi connectivity index (χ4v) is 4.46. The molecule has 0 aliphatic carbocycles. The second-order valence-corrected chi connectivity index (χ2v) is 9.27. The first-order valence-electron chi connectivity index (χ1n) is 12.1. The fourth-order valence-electron chi connectivity index (χ4n) is 4.46. The minimum atomic E-state index is -0.223. The van der Waals surface area contributed by atoms with Gasteiger partial charge >= 0.3 is 0 Å². The molecule has 0 saturated heterocycles. The summed E-state index contributed by atoms with van der Waals surface area (Å²) < 4.78 is 11.2. The van der Waals surface area contributed by atoms with Gasteiger partial charge in [-0.2, -0.15) is 10.1 Å². The Labute approximate surface area is 216 Å². The number of amides is 1. The third kappa shape index (κ3) is 5.72. The van der Waals surface area contributed by atoms with E-state index in [2.05, 4.69) is 35.0 Å². The third-order valence-electron chi connectivity index (χ3n) is 6.18. The zero-order valence-corrected chi connectivity index (χ0v) is 21.5. The van der Waals surface area contributed by atoms with E-state index in [1.165, 1.54) is 6.08 Å². The van der Waals surface area contributed by atoms with Crippen molar-refractivity contribution >= 4 is 30.0 Å². The van der Waals surface area contributed by atoms with Gasteiger partial charge in [-0.25, -0.2) is 9.99 Å². The number of hydrazone groups is 1. The van der Waals surface area contributed by atoms with E-state index in [1.54, 1.807) is 37.7 Å². The summed E-state index contributed by atoms with van der Waals surface area (Å²) in [6.07, 6.45) is 7.82. The fraction of sp³-hybridized carbons (Fsp3) is 0.286. The SMILES string of the molecule is COc1cc(Cc2cnc(N)nc2N)cc(/C=C/C(=O)N2N=Cc3ccccc3[C@@H]2CC(C)C)c1OC. The first-order chi connectivity index (χ1) is 17.8. The molecule has 3 aromatic rings. The van der Waals surface area contributed by atoms with Crippen LogP contribution in [0.15, 0.2) is 53.8 Å². The summed E-state index contributed by atoms with van der Waals surface area (Å²) in [6.45, 7) is 4.28. The summed E-state index contributed by atoms with van der Waals surface area (Å²) >= 11 is 0. The quantitative estimate of drug-likeness (QED) is 0.443. The molecular weight excluding hydrogens is 468 g/mol. The standard InChI is InChI=1S/C28H32N6O3/c1-17(2)11-23-22-8-6-5-7-20(22)16-32-34(23)25(35)10-9-19-12-18(14-24(36-3)26(19)37-4)13-21-15-31-28(30)33-27(21)29/h5-10,12,14-17,23H,11,13H2,1-4H3,(H4,29,30,31,33)/b10-9+/t23-/m0/s1. The van der Waals surface area contributed by atoms with Crippen LogP contribution in [0.2, 0.25) is 0 Å².